The summed E-state index contributed by atoms with van der Waals surface area (Å²) in [7, 11) is 0. The number of hydrogen-bond acceptors (Lipinski definition) is 4. The lowest BCUT2D eigenvalue weighted by Crippen LogP contribution is -2.32. The molecule has 0 unspecified atom stereocenters. The lowest BCUT2D eigenvalue weighted by atomic mass is 9.83. The second kappa shape index (κ2) is 5.06. The molecule has 0 radical (unpaired) electrons. The van der Waals surface area contributed by atoms with E-state index in [1.165, 1.54) is 5.57 Å². The molecule has 1 aliphatic heterocycles. The van der Waals surface area contributed by atoms with Gasteiger partial charge in [-0.15, -0.1) is 0 Å². The fourth-order valence-electron chi connectivity index (χ4n) is 2.12. The van der Waals surface area contributed by atoms with Gasteiger partial charge in [-0.3, -0.25) is 0 Å². The third kappa shape index (κ3) is 2.88. The zero-order valence-corrected chi connectivity index (χ0v) is 11.3. The van der Waals surface area contributed by atoms with Crippen LogP contribution in [0.3, 0.4) is 0 Å². The molecule has 4 heteroatoms. The van der Waals surface area contributed by atoms with Gasteiger partial charge in [0.15, 0.2) is 0 Å². The van der Waals surface area contributed by atoms with Crippen molar-refractivity contribution >= 4 is 5.95 Å². The maximum Gasteiger partial charge on any atom is 0.225 e. The summed E-state index contributed by atoms with van der Waals surface area (Å²) in [5.74, 6) is 0.747. The second-order valence-electron chi connectivity index (χ2n) is 5.72. The molecular weight excluding hydrogens is 226 g/mol. The van der Waals surface area contributed by atoms with Crippen LogP contribution in [0.15, 0.2) is 24.0 Å². The number of hydrogen-bond donors (Lipinski definition) is 1. The van der Waals surface area contributed by atoms with Crippen LogP contribution < -0.4 is 4.90 Å². The molecular formula is C14H21N3O. The maximum atomic E-state index is 8.96. The maximum absolute atomic E-state index is 8.96. The monoisotopic (exact) mass is 247 g/mol. The SMILES string of the molecule is CC(C)(C)C1=CCN(c2ncc(CO)cn2)CC1. The lowest BCUT2D eigenvalue weighted by molar-refractivity contribution is 0.281. The second-order valence-corrected chi connectivity index (χ2v) is 5.72. The summed E-state index contributed by atoms with van der Waals surface area (Å²) in [6, 6.07) is 0. The molecule has 1 aromatic heterocycles. The van der Waals surface area contributed by atoms with E-state index in [9.17, 15) is 0 Å². The highest BCUT2D eigenvalue weighted by atomic mass is 16.3. The largest absolute Gasteiger partial charge is 0.392 e. The van der Waals surface area contributed by atoms with Crippen molar-refractivity contribution in [2.45, 2.75) is 33.8 Å². The highest BCUT2D eigenvalue weighted by molar-refractivity contribution is 5.35. The van der Waals surface area contributed by atoms with Crippen LogP contribution in [-0.4, -0.2) is 28.2 Å². The Kier molecular flexibility index (Phi) is 3.66. The van der Waals surface area contributed by atoms with Crippen molar-refractivity contribution in [3.63, 3.8) is 0 Å². The summed E-state index contributed by atoms with van der Waals surface area (Å²) < 4.78 is 0. The summed E-state index contributed by atoms with van der Waals surface area (Å²) in [4.78, 5) is 10.7. The minimum Gasteiger partial charge on any atom is -0.392 e. The van der Waals surface area contributed by atoms with Gasteiger partial charge in [-0.2, -0.15) is 0 Å². The summed E-state index contributed by atoms with van der Waals surface area (Å²) in [5.41, 5.74) is 2.51. The van der Waals surface area contributed by atoms with Gasteiger partial charge in [-0.1, -0.05) is 32.4 Å². The molecule has 0 spiro atoms. The first-order chi connectivity index (χ1) is 8.50. The van der Waals surface area contributed by atoms with E-state index in [0.717, 1.165) is 31.0 Å². The van der Waals surface area contributed by atoms with Crippen molar-refractivity contribution in [3.05, 3.63) is 29.6 Å². The number of aromatic nitrogens is 2. The van der Waals surface area contributed by atoms with E-state index in [2.05, 4.69) is 41.7 Å². The highest BCUT2D eigenvalue weighted by Gasteiger charge is 2.22. The zero-order valence-electron chi connectivity index (χ0n) is 11.3. The fourth-order valence-corrected chi connectivity index (χ4v) is 2.12. The minimum absolute atomic E-state index is 0.00560. The van der Waals surface area contributed by atoms with Crippen LogP contribution in [0.5, 0.6) is 0 Å². The van der Waals surface area contributed by atoms with Crippen molar-refractivity contribution in [3.8, 4) is 0 Å². The summed E-state index contributed by atoms with van der Waals surface area (Å²) >= 11 is 0. The molecule has 0 aromatic carbocycles. The normalized spacial score (nSPS) is 16.7. The molecule has 0 atom stereocenters. The number of rotatable bonds is 2. The standard InChI is InChI=1S/C14H21N3O/c1-14(2,3)12-4-6-17(7-5-12)13-15-8-11(10-18)9-16-13/h4,8-9,18H,5-7,10H2,1-3H3. The number of nitrogens with zero attached hydrogens (tertiary/aromatic N) is 3. The smallest absolute Gasteiger partial charge is 0.225 e. The van der Waals surface area contributed by atoms with Gasteiger partial charge in [-0.05, 0) is 11.8 Å². The molecule has 18 heavy (non-hydrogen) atoms. The predicted molar refractivity (Wildman–Crippen MR) is 72.3 cm³/mol. The van der Waals surface area contributed by atoms with Gasteiger partial charge in [0.25, 0.3) is 0 Å². The fraction of sp³-hybridized carbons (Fsp3) is 0.571. The molecule has 0 fully saturated rings. The molecule has 2 heterocycles. The average Bonchev–Trinajstić information content (AvgIpc) is 2.38. The van der Waals surface area contributed by atoms with Crippen LogP contribution in [0.4, 0.5) is 5.95 Å². The molecule has 98 valence electrons. The third-order valence-electron chi connectivity index (χ3n) is 3.33. The topological polar surface area (TPSA) is 49.2 Å². The van der Waals surface area contributed by atoms with E-state index in [4.69, 9.17) is 5.11 Å². The Morgan fingerprint density at radius 1 is 1.28 bits per heavy atom. The first kappa shape index (κ1) is 13.0. The van der Waals surface area contributed by atoms with E-state index in [0.29, 0.717) is 0 Å². The zero-order chi connectivity index (χ0) is 13.2. The Morgan fingerprint density at radius 3 is 2.39 bits per heavy atom. The highest BCUT2D eigenvalue weighted by Crippen LogP contribution is 2.30. The lowest BCUT2D eigenvalue weighted by Gasteiger charge is -2.32. The minimum atomic E-state index is -0.00560. The van der Waals surface area contributed by atoms with Crippen molar-refractivity contribution in [2.75, 3.05) is 18.0 Å². The van der Waals surface area contributed by atoms with E-state index < -0.39 is 0 Å². The van der Waals surface area contributed by atoms with Crippen molar-refractivity contribution in [1.29, 1.82) is 0 Å². The molecule has 4 nitrogen and oxygen atoms in total. The summed E-state index contributed by atoms with van der Waals surface area (Å²) in [6.45, 7) is 8.57. The van der Waals surface area contributed by atoms with Crippen LogP contribution in [0, 0.1) is 5.41 Å². The van der Waals surface area contributed by atoms with Gasteiger partial charge >= 0.3 is 0 Å². The van der Waals surface area contributed by atoms with Gasteiger partial charge in [0.2, 0.25) is 5.95 Å². The van der Waals surface area contributed by atoms with Crippen molar-refractivity contribution < 1.29 is 5.11 Å². The van der Waals surface area contributed by atoms with E-state index in [1.54, 1.807) is 12.4 Å². The van der Waals surface area contributed by atoms with Gasteiger partial charge in [0.05, 0.1) is 6.61 Å². The summed E-state index contributed by atoms with van der Waals surface area (Å²) in [5, 5.41) is 8.96. The third-order valence-corrected chi connectivity index (χ3v) is 3.33. The number of aliphatic hydroxyl groups excluding tert-OH is 1. The average molecular weight is 247 g/mol. The summed E-state index contributed by atoms with van der Waals surface area (Å²) in [6.07, 6.45) is 6.72. The van der Waals surface area contributed by atoms with Crippen LogP contribution in [0.25, 0.3) is 0 Å². The Labute approximate surface area is 108 Å². The van der Waals surface area contributed by atoms with Gasteiger partial charge in [0, 0.05) is 31.0 Å². The van der Waals surface area contributed by atoms with E-state index in [-0.39, 0.29) is 12.0 Å². The molecule has 0 amide bonds. The molecule has 0 saturated carbocycles. The van der Waals surface area contributed by atoms with Crippen LogP contribution in [0.1, 0.15) is 32.8 Å². The van der Waals surface area contributed by atoms with E-state index in [1.807, 2.05) is 0 Å². The van der Waals surface area contributed by atoms with Crippen LogP contribution >= 0.6 is 0 Å². The first-order valence-corrected chi connectivity index (χ1v) is 6.37. The molecule has 2 rings (SSSR count). The van der Waals surface area contributed by atoms with Gasteiger partial charge in [-0.25, -0.2) is 9.97 Å². The van der Waals surface area contributed by atoms with Crippen molar-refractivity contribution in [1.82, 2.24) is 9.97 Å². The quantitative estimate of drug-likeness (QED) is 0.814. The molecule has 1 aromatic rings. The molecule has 1 aliphatic rings. The predicted octanol–water partition coefficient (Wildman–Crippen LogP) is 2.15. The molecule has 0 aliphatic carbocycles. The van der Waals surface area contributed by atoms with Crippen LogP contribution in [-0.2, 0) is 6.61 Å². The van der Waals surface area contributed by atoms with Crippen molar-refractivity contribution in [2.24, 2.45) is 5.41 Å². The molecule has 0 bridgehead atoms. The number of anilines is 1. The Bertz CT molecular complexity index is 431. The molecule has 1 N–H and O–H groups in total. The first-order valence-electron chi connectivity index (χ1n) is 6.37. The Morgan fingerprint density at radius 2 is 1.94 bits per heavy atom. The number of aliphatic hydroxyl groups is 1. The Balaban J connectivity index is 2.07. The molecule has 0 saturated heterocycles. The van der Waals surface area contributed by atoms with Crippen LogP contribution in [0.2, 0.25) is 0 Å². The van der Waals surface area contributed by atoms with Gasteiger partial charge in [0.1, 0.15) is 0 Å². The van der Waals surface area contributed by atoms with E-state index >= 15 is 0 Å². The Hall–Kier alpha value is -1.42. The van der Waals surface area contributed by atoms with Gasteiger partial charge < -0.3 is 10.0 Å².